The number of hydrogen-bond donors (Lipinski definition) is 2. The van der Waals surface area contributed by atoms with E-state index in [2.05, 4.69) is 25.4 Å². The van der Waals surface area contributed by atoms with Gasteiger partial charge in [-0.3, -0.25) is 4.79 Å². The highest BCUT2D eigenvalue weighted by atomic mass is 16.5. The number of nitrogens with zero attached hydrogens (tertiary/aromatic N) is 4. The average molecular weight is 296 g/mol. The number of carbonyl (C=O) groups excluding carboxylic acids is 1. The number of nitrogens with one attached hydrogen (secondary N) is 1. The summed E-state index contributed by atoms with van der Waals surface area (Å²) in [6.07, 6.45) is 1.39. The van der Waals surface area contributed by atoms with E-state index in [0.717, 1.165) is 5.56 Å². The van der Waals surface area contributed by atoms with Crippen molar-refractivity contribution in [3.8, 4) is 23.0 Å². The highest BCUT2D eigenvalue weighted by Gasteiger charge is 2.17. The third kappa shape index (κ3) is 2.49. The molecule has 0 atom stereocenters. The van der Waals surface area contributed by atoms with Gasteiger partial charge in [0.25, 0.3) is 11.8 Å². The zero-order valence-corrected chi connectivity index (χ0v) is 11.6. The molecule has 3 N–H and O–H groups in total. The maximum atomic E-state index is 11.7. The van der Waals surface area contributed by atoms with Crippen molar-refractivity contribution in [3.63, 3.8) is 0 Å². The molecule has 8 heteroatoms. The van der Waals surface area contributed by atoms with Gasteiger partial charge < -0.3 is 15.6 Å². The molecule has 8 nitrogen and oxygen atoms in total. The summed E-state index contributed by atoms with van der Waals surface area (Å²) in [6.45, 7) is 0. The van der Waals surface area contributed by atoms with Crippen molar-refractivity contribution in [2.75, 3.05) is 12.8 Å². The van der Waals surface area contributed by atoms with Crippen LogP contribution in [0, 0.1) is 0 Å². The van der Waals surface area contributed by atoms with E-state index in [-0.39, 0.29) is 17.3 Å². The van der Waals surface area contributed by atoms with E-state index in [4.69, 9.17) is 10.3 Å². The minimum Gasteiger partial charge on any atom is -0.382 e. The SMILES string of the molecule is CNC(=O)c1nc(-c2noc(-c3ccccc3)n2)cnc1N. The Balaban J connectivity index is 1.99. The van der Waals surface area contributed by atoms with Crippen molar-refractivity contribution in [3.05, 3.63) is 42.2 Å². The van der Waals surface area contributed by atoms with Crippen molar-refractivity contribution in [1.82, 2.24) is 25.4 Å². The molecule has 3 aromatic rings. The molecule has 0 bridgehead atoms. The maximum Gasteiger partial charge on any atom is 0.273 e. The first kappa shape index (κ1) is 13.7. The van der Waals surface area contributed by atoms with E-state index < -0.39 is 5.91 Å². The Morgan fingerprint density at radius 1 is 1.23 bits per heavy atom. The lowest BCUT2D eigenvalue weighted by Crippen LogP contribution is -2.21. The molecule has 110 valence electrons. The number of nitrogens with two attached hydrogens (primary N) is 1. The second-order valence-electron chi connectivity index (χ2n) is 4.36. The Kier molecular flexibility index (Phi) is 3.48. The van der Waals surface area contributed by atoms with Gasteiger partial charge >= 0.3 is 0 Å². The van der Waals surface area contributed by atoms with Gasteiger partial charge in [-0.05, 0) is 12.1 Å². The Hall–Kier alpha value is -3.29. The summed E-state index contributed by atoms with van der Waals surface area (Å²) in [5, 5.41) is 6.30. The molecule has 0 unspecified atom stereocenters. The Labute approximate surface area is 125 Å². The Morgan fingerprint density at radius 2 is 2.00 bits per heavy atom. The van der Waals surface area contributed by atoms with Crippen LogP contribution in [0.1, 0.15) is 10.5 Å². The highest BCUT2D eigenvalue weighted by molar-refractivity contribution is 5.96. The molecule has 0 saturated carbocycles. The van der Waals surface area contributed by atoms with Crippen LogP contribution >= 0.6 is 0 Å². The standard InChI is InChI=1S/C14H12N6O2/c1-16-13(21)10-11(15)17-7-9(18-10)12-19-14(22-20-12)8-5-3-2-4-6-8/h2-7H,1H3,(H2,15,17)(H,16,21). The lowest BCUT2D eigenvalue weighted by atomic mass is 10.2. The summed E-state index contributed by atoms with van der Waals surface area (Å²) in [5.41, 5.74) is 6.75. The number of nitrogen functional groups attached to an aromatic ring is 1. The van der Waals surface area contributed by atoms with Crippen LogP contribution in [-0.2, 0) is 0 Å². The lowest BCUT2D eigenvalue weighted by Gasteiger charge is -2.03. The molecule has 1 amide bonds. The fourth-order valence-corrected chi connectivity index (χ4v) is 1.82. The highest BCUT2D eigenvalue weighted by Crippen LogP contribution is 2.21. The van der Waals surface area contributed by atoms with E-state index in [9.17, 15) is 4.79 Å². The van der Waals surface area contributed by atoms with Crippen molar-refractivity contribution in [1.29, 1.82) is 0 Å². The van der Waals surface area contributed by atoms with Crippen LogP contribution in [0.3, 0.4) is 0 Å². The molecule has 0 fully saturated rings. The molecule has 22 heavy (non-hydrogen) atoms. The van der Waals surface area contributed by atoms with Gasteiger partial charge in [-0.15, -0.1) is 0 Å². The first-order chi connectivity index (χ1) is 10.7. The summed E-state index contributed by atoms with van der Waals surface area (Å²) < 4.78 is 5.20. The van der Waals surface area contributed by atoms with Crippen molar-refractivity contribution in [2.24, 2.45) is 0 Å². The number of amides is 1. The van der Waals surface area contributed by atoms with Crippen molar-refractivity contribution >= 4 is 11.7 Å². The predicted octanol–water partition coefficient (Wildman–Crippen LogP) is 1.14. The Morgan fingerprint density at radius 3 is 2.73 bits per heavy atom. The van der Waals surface area contributed by atoms with Crippen molar-refractivity contribution in [2.45, 2.75) is 0 Å². The van der Waals surface area contributed by atoms with E-state index in [1.54, 1.807) is 0 Å². The fourth-order valence-electron chi connectivity index (χ4n) is 1.82. The van der Waals surface area contributed by atoms with E-state index in [0.29, 0.717) is 11.6 Å². The largest absolute Gasteiger partial charge is 0.382 e. The first-order valence-electron chi connectivity index (χ1n) is 6.43. The number of aromatic nitrogens is 4. The van der Waals surface area contributed by atoms with Gasteiger partial charge in [-0.25, -0.2) is 9.97 Å². The number of anilines is 1. The van der Waals surface area contributed by atoms with Crippen LogP contribution < -0.4 is 11.1 Å². The molecule has 0 radical (unpaired) electrons. The molecule has 0 spiro atoms. The van der Waals surface area contributed by atoms with Gasteiger partial charge in [-0.2, -0.15) is 4.98 Å². The number of hydrogen-bond acceptors (Lipinski definition) is 7. The van der Waals surface area contributed by atoms with Crippen LogP contribution in [0.4, 0.5) is 5.82 Å². The zero-order valence-electron chi connectivity index (χ0n) is 11.6. The molecule has 3 rings (SSSR count). The monoisotopic (exact) mass is 296 g/mol. The molecule has 0 saturated heterocycles. The normalized spacial score (nSPS) is 10.4. The van der Waals surface area contributed by atoms with Crippen LogP contribution in [0.2, 0.25) is 0 Å². The lowest BCUT2D eigenvalue weighted by molar-refractivity contribution is 0.0959. The molecule has 0 aliphatic heterocycles. The smallest absolute Gasteiger partial charge is 0.273 e. The molecule has 0 aliphatic carbocycles. The number of carbonyl (C=O) groups is 1. The van der Waals surface area contributed by atoms with E-state index >= 15 is 0 Å². The van der Waals surface area contributed by atoms with Crippen LogP contribution in [0.25, 0.3) is 23.0 Å². The number of benzene rings is 1. The minimum atomic E-state index is -0.432. The minimum absolute atomic E-state index is 0.0195. The topological polar surface area (TPSA) is 120 Å². The van der Waals surface area contributed by atoms with Gasteiger partial charge in [0.05, 0.1) is 6.20 Å². The molecule has 1 aromatic carbocycles. The summed E-state index contributed by atoms with van der Waals surface area (Å²) in [4.78, 5) is 24.0. The van der Waals surface area contributed by atoms with E-state index in [1.807, 2.05) is 30.3 Å². The second kappa shape index (κ2) is 5.60. The van der Waals surface area contributed by atoms with Crippen molar-refractivity contribution < 1.29 is 9.32 Å². The molecule has 2 heterocycles. The quantitative estimate of drug-likeness (QED) is 0.743. The predicted molar refractivity (Wildman–Crippen MR) is 78.6 cm³/mol. The summed E-state index contributed by atoms with van der Waals surface area (Å²) in [6, 6.07) is 9.32. The zero-order chi connectivity index (χ0) is 15.5. The van der Waals surface area contributed by atoms with Gasteiger partial charge in [0.1, 0.15) is 5.69 Å². The fraction of sp³-hybridized carbons (Fsp3) is 0.0714. The Bertz CT molecular complexity index is 815. The van der Waals surface area contributed by atoms with Gasteiger partial charge in [0, 0.05) is 12.6 Å². The van der Waals surface area contributed by atoms with Gasteiger partial charge in [0.15, 0.2) is 11.5 Å². The van der Waals surface area contributed by atoms with Crippen LogP contribution in [0.15, 0.2) is 41.1 Å². The van der Waals surface area contributed by atoms with E-state index in [1.165, 1.54) is 13.2 Å². The summed E-state index contributed by atoms with van der Waals surface area (Å²) >= 11 is 0. The molecular weight excluding hydrogens is 284 g/mol. The third-order valence-corrected chi connectivity index (χ3v) is 2.92. The molecule has 0 aliphatic rings. The maximum absolute atomic E-state index is 11.7. The van der Waals surface area contributed by atoms with Crippen LogP contribution in [-0.4, -0.2) is 33.1 Å². The first-order valence-corrected chi connectivity index (χ1v) is 6.43. The molecule has 2 aromatic heterocycles. The average Bonchev–Trinajstić information content (AvgIpc) is 3.05. The third-order valence-electron chi connectivity index (χ3n) is 2.92. The summed E-state index contributed by atoms with van der Waals surface area (Å²) in [5.74, 6) is 0.195. The summed E-state index contributed by atoms with van der Waals surface area (Å²) in [7, 11) is 1.48. The van der Waals surface area contributed by atoms with Gasteiger partial charge in [-0.1, -0.05) is 23.4 Å². The molecular formula is C14H12N6O2. The van der Waals surface area contributed by atoms with Crippen LogP contribution in [0.5, 0.6) is 0 Å². The second-order valence-corrected chi connectivity index (χ2v) is 4.36. The van der Waals surface area contributed by atoms with Gasteiger partial charge in [0.2, 0.25) is 5.82 Å². The number of rotatable bonds is 3.